The SMILES string of the molecule is COc1ccccc1[C@H]1C[C@@H](c2cc(NC(=O)Cc3cccc4ccccc34)[nH]n2)C1. The number of benzene rings is 3. The van der Waals surface area contributed by atoms with Gasteiger partial charge in [-0.1, -0.05) is 60.7 Å². The number of anilines is 1. The first-order valence-electron chi connectivity index (χ1n) is 10.7. The van der Waals surface area contributed by atoms with Gasteiger partial charge in [0.25, 0.3) is 0 Å². The summed E-state index contributed by atoms with van der Waals surface area (Å²) in [5.74, 6) is 2.44. The van der Waals surface area contributed by atoms with Crippen molar-refractivity contribution in [3.05, 3.63) is 89.6 Å². The molecule has 5 heteroatoms. The lowest BCUT2D eigenvalue weighted by atomic mass is 9.70. The molecule has 1 aromatic heterocycles. The summed E-state index contributed by atoms with van der Waals surface area (Å²) in [6.45, 7) is 0. The number of rotatable bonds is 6. The highest BCUT2D eigenvalue weighted by Gasteiger charge is 2.34. The molecule has 0 radical (unpaired) electrons. The summed E-state index contributed by atoms with van der Waals surface area (Å²) in [5.41, 5.74) is 3.29. The van der Waals surface area contributed by atoms with Crippen molar-refractivity contribution in [1.82, 2.24) is 10.2 Å². The van der Waals surface area contributed by atoms with Crippen molar-refractivity contribution in [3.8, 4) is 5.75 Å². The Bertz CT molecular complexity index is 1220. The largest absolute Gasteiger partial charge is 0.496 e. The number of aromatic nitrogens is 2. The molecule has 1 heterocycles. The summed E-state index contributed by atoms with van der Waals surface area (Å²) in [6, 6.07) is 24.4. The van der Waals surface area contributed by atoms with Crippen molar-refractivity contribution in [2.75, 3.05) is 12.4 Å². The van der Waals surface area contributed by atoms with Gasteiger partial charge in [-0.25, -0.2) is 0 Å². The number of carbonyl (C=O) groups excluding carboxylic acids is 1. The molecule has 4 aromatic rings. The van der Waals surface area contributed by atoms with Crippen LogP contribution in [0, 0.1) is 0 Å². The normalized spacial score (nSPS) is 17.8. The average molecular weight is 412 g/mol. The van der Waals surface area contributed by atoms with Gasteiger partial charge in [-0.3, -0.25) is 9.89 Å². The molecule has 0 saturated heterocycles. The number of methoxy groups -OCH3 is 1. The van der Waals surface area contributed by atoms with Gasteiger partial charge in [0.15, 0.2) is 0 Å². The van der Waals surface area contributed by atoms with Crippen molar-refractivity contribution in [1.29, 1.82) is 0 Å². The maximum atomic E-state index is 12.6. The lowest BCUT2D eigenvalue weighted by molar-refractivity contribution is -0.115. The van der Waals surface area contributed by atoms with E-state index in [9.17, 15) is 4.79 Å². The smallest absolute Gasteiger partial charge is 0.229 e. The minimum Gasteiger partial charge on any atom is -0.496 e. The van der Waals surface area contributed by atoms with Crippen molar-refractivity contribution < 1.29 is 9.53 Å². The standard InChI is InChI=1S/C26H25N3O2/c1-31-24-12-5-4-11-22(24)19-13-20(14-19)23-16-25(29-28-23)27-26(30)15-18-9-6-8-17-7-2-3-10-21(17)18/h2-12,16,19-20H,13-15H2,1H3,(H2,27,28,29,30)/t19-,20+. The van der Waals surface area contributed by atoms with Crippen LogP contribution in [0.1, 0.15) is 41.5 Å². The van der Waals surface area contributed by atoms with Crippen molar-refractivity contribution >= 4 is 22.5 Å². The number of hydrogen-bond donors (Lipinski definition) is 2. The zero-order chi connectivity index (χ0) is 21.2. The molecule has 31 heavy (non-hydrogen) atoms. The fourth-order valence-corrected chi connectivity index (χ4v) is 4.54. The molecule has 5 nitrogen and oxygen atoms in total. The Morgan fingerprint density at radius 1 is 1.03 bits per heavy atom. The van der Waals surface area contributed by atoms with E-state index in [4.69, 9.17) is 4.74 Å². The number of fused-ring (bicyclic) bond motifs is 1. The average Bonchev–Trinajstić information content (AvgIpc) is 3.21. The molecule has 1 amide bonds. The number of hydrogen-bond acceptors (Lipinski definition) is 3. The third-order valence-corrected chi connectivity index (χ3v) is 6.24. The lowest BCUT2D eigenvalue weighted by Crippen LogP contribution is -2.21. The second-order valence-electron chi connectivity index (χ2n) is 8.18. The summed E-state index contributed by atoms with van der Waals surface area (Å²) < 4.78 is 5.50. The van der Waals surface area contributed by atoms with Crippen LogP contribution in [0.15, 0.2) is 72.8 Å². The maximum absolute atomic E-state index is 12.6. The zero-order valence-corrected chi connectivity index (χ0v) is 17.5. The number of H-pyrrole nitrogens is 1. The van der Waals surface area contributed by atoms with E-state index in [1.807, 2.05) is 42.5 Å². The summed E-state index contributed by atoms with van der Waals surface area (Å²) in [7, 11) is 1.72. The molecule has 0 bridgehead atoms. The summed E-state index contributed by atoms with van der Waals surface area (Å²) in [6.07, 6.45) is 2.40. The molecule has 1 aliphatic carbocycles. The fraction of sp³-hybridized carbons (Fsp3) is 0.231. The van der Waals surface area contributed by atoms with Gasteiger partial charge in [0, 0.05) is 12.0 Å². The van der Waals surface area contributed by atoms with E-state index in [1.54, 1.807) is 7.11 Å². The Hall–Kier alpha value is -3.60. The molecule has 0 aliphatic heterocycles. The van der Waals surface area contributed by atoms with Crippen LogP contribution in [0.5, 0.6) is 5.75 Å². The van der Waals surface area contributed by atoms with Crippen LogP contribution in [-0.2, 0) is 11.2 Å². The summed E-state index contributed by atoms with van der Waals surface area (Å²) >= 11 is 0. The molecule has 1 fully saturated rings. The Morgan fingerprint density at radius 2 is 1.81 bits per heavy atom. The Balaban J connectivity index is 1.21. The highest BCUT2D eigenvalue weighted by Crippen LogP contribution is 2.49. The Kier molecular flexibility index (Phi) is 5.16. The minimum absolute atomic E-state index is 0.0490. The second kappa shape index (κ2) is 8.26. The van der Waals surface area contributed by atoms with E-state index in [0.29, 0.717) is 24.1 Å². The van der Waals surface area contributed by atoms with E-state index in [-0.39, 0.29) is 5.91 Å². The predicted octanol–water partition coefficient (Wildman–Crippen LogP) is 5.41. The van der Waals surface area contributed by atoms with Gasteiger partial charge in [0.2, 0.25) is 5.91 Å². The number of carbonyl (C=O) groups is 1. The molecular weight excluding hydrogens is 386 g/mol. The van der Waals surface area contributed by atoms with Crippen molar-refractivity contribution in [3.63, 3.8) is 0 Å². The molecule has 3 aromatic carbocycles. The third kappa shape index (κ3) is 3.91. The first-order valence-corrected chi connectivity index (χ1v) is 10.7. The van der Waals surface area contributed by atoms with Gasteiger partial charge < -0.3 is 10.1 Å². The Morgan fingerprint density at radius 3 is 2.68 bits per heavy atom. The van der Waals surface area contributed by atoms with Crippen LogP contribution in [-0.4, -0.2) is 23.2 Å². The first kappa shape index (κ1) is 19.4. The van der Waals surface area contributed by atoms with Gasteiger partial charge in [0.1, 0.15) is 11.6 Å². The van der Waals surface area contributed by atoms with Gasteiger partial charge in [-0.05, 0) is 46.7 Å². The minimum atomic E-state index is -0.0490. The molecule has 1 saturated carbocycles. The maximum Gasteiger partial charge on any atom is 0.229 e. The first-order chi connectivity index (χ1) is 15.2. The molecule has 0 atom stereocenters. The number of nitrogens with one attached hydrogen (secondary N) is 2. The predicted molar refractivity (Wildman–Crippen MR) is 123 cm³/mol. The van der Waals surface area contributed by atoms with Gasteiger partial charge in [-0.15, -0.1) is 0 Å². The molecule has 2 N–H and O–H groups in total. The van der Waals surface area contributed by atoms with Crippen LogP contribution in [0.25, 0.3) is 10.8 Å². The van der Waals surface area contributed by atoms with E-state index in [2.05, 4.69) is 45.8 Å². The fourth-order valence-electron chi connectivity index (χ4n) is 4.54. The van der Waals surface area contributed by atoms with E-state index in [1.165, 1.54) is 5.56 Å². The number of para-hydroxylation sites is 1. The number of ether oxygens (including phenoxy) is 1. The van der Waals surface area contributed by atoms with Crippen LogP contribution in [0.4, 0.5) is 5.82 Å². The monoisotopic (exact) mass is 411 g/mol. The van der Waals surface area contributed by atoms with Gasteiger partial charge >= 0.3 is 0 Å². The van der Waals surface area contributed by atoms with E-state index >= 15 is 0 Å². The zero-order valence-electron chi connectivity index (χ0n) is 17.5. The molecular formula is C26H25N3O2. The van der Waals surface area contributed by atoms with E-state index < -0.39 is 0 Å². The quantitative estimate of drug-likeness (QED) is 0.446. The summed E-state index contributed by atoms with van der Waals surface area (Å²) in [5, 5.41) is 12.6. The van der Waals surface area contributed by atoms with E-state index in [0.717, 1.165) is 40.6 Å². The molecule has 156 valence electrons. The van der Waals surface area contributed by atoms with Crippen LogP contribution in [0.2, 0.25) is 0 Å². The van der Waals surface area contributed by atoms with Gasteiger partial charge in [0.05, 0.1) is 19.2 Å². The number of nitrogens with zero attached hydrogens (tertiary/aromatic N) is 1. The van der Waals surface area contributed by atoms with Crippen LogP contribution >= 0.6 is 0 Å². The highest BCUT2D eigenvalue weighted by atomic mass is 16.5. The van der Waals surface area contributed by atoms with Crippen LogP contribution in [0.3, 0.4) is 0 Å². The molecule has 5 rings (SSSR count). The van der Waals surface area contributed by atoms with Gasteiger partial charge in [-0.2, -0.15) is 5.10 Å². The Labute approximate surface area is 181 Å². The van der Waals surface area contributed by atoms with Crippen molar-refractivity contribution in [2.45, 2.75) is 31.1 Å². The van der Waals surface area contributed by atoms with Crippen molar-refractivity contribution in [2.24, 2.45) is 0 Å². The summed E-state index contributed by atoms with van der Waals surface area (Å²) in [4.78, 5) is 12.6. The second-order valence-corrected chi connectivity index (χ2v) is 8.18. The number of aromatic amines is 1. The number of amides is 1. The topological polar surface area (TPSA) is 67.0 Å². The lowest BCUT2D eigenvalue weighted by Gasteiger charge is -2.35. The van der Waals surface area contributed by atoms with Crippen LogP contribution < -0.4 is 10.1 Å². The molecule has 0 spiro atoms. The highest BCUT2D eigenvalue weighted by molar-refractivity contribution is 5.95. The third-order valence-electron chi connectivity index (χ3n) is 6.24. The molecule has 0 unspecified atom stereocenters. The molecule has 1 aliphatic rings.